The first-order chi connectivity index (χ1) is 14.7. The van der Waals surface area contributed by atoms with Crippen molar-refractivity contribution in [3.8, 4) is 11.4 Å². The highest BCUT2D eigenvalue weighted by Crippen LogP contribution is 2.31. The molecule has 1 aromatic heterocycles. The molecule has 1 N–H and O–H groups in total. The van der Waals surface area contributed by atoms with Crippen molar-refractivity contribution in [3.63, 3.8) is 0 Å². The normalized spacial score (nSPS) is 11.4. The Morgan fingerprint density at radius 1 is 1.16 bits per heavy atom. The summed E-state index contributed by atoms with van der Waals surface area (Å²) in [6, 6.07) is 13.1. The predicted octanol–water partition coefficient (Wildman–Crippen LogP) is 5.54. The largest absolute Gasteiger partial charge is 0.497 e. The van der Waals surface area contributed by atoms with Crippen molar-refractivity contribution >= 4 is 40.9 Å². The molecular weight excluding hydrogens is 455 g/mol. The Hall–Kier alpha value is -2.22. The Morgan fingerprint density at radius 3 is 2.61 bits per heavy atom. The van der Waals surface area contributed by atoms with E-state index in [1.165, 1.54) is 11.8 Å². The van der Waals surface area contributed by atoms with Gasteiger partial charge in [0.05, 0.1) is 24.4 Å². The average molecular weight is 479 g/mol. The van der Waals surface area contributed by atoms with E-state index in [0.717, 1.165) is 11.3 Å². The minimum atomic E-state index is -0.507. The van der Waals surface area contributed by atoms with Gasteiger partial charge in [-0.05, 0) is 35.9 Å². The molecule has 0 saturated carbocycles. The van der Waals surface area contributed by atoms with Crippen molar-refractivity contribution in [3.05, 3.63) is 63.9 Å². The Bertz CT molecular complexity index is 1080. The lowest BCUT2D eigenvalue weighted by molar-refractivity contribution is -0.128. The molecule has 0 radical (unpaired) electrons. The molecular formula is C22H24Cl2N4O2S. The van der Waals surface area contributed by atoms with Crippen molar-refractivity contribution in [2.45, 2.75) is 38.2 Å². The van der Waals surface area contributed by atoms with Crippen LogP contribution in [0.25, 0.3) is 5.69 Å². The molecule has 31 heavy (non-hydrogen) atoms. The number of rotatable bonds is 7. The van der Waals surface area contributed by atoms with Gasteiger partial charge in [0.25, 0.3) is 0 Å². The van der Waals surface area contributed by atoms with Crippen LogP contribution < -0.4 is 10.1 Å². The van der Waals surface area contributed by atoms with Crippen molar-refractivity contribution in [1.29, 1.82) is 0 Å². The number of carbonyl (C=O) groups excluding carboxylic acids is 1. The number of amides is 1. The molecule has 3 rings (SSSR count). The molecule has 0 atom stereocenters. The summed E-state index contributed by atoms with van der Waals surface area (Å²) in [7, 11) is 1.64. The molecule has 164 valence electrons. The van der Waals surface area contributed by atoms with E-state index in [1.807, 2.05) is 55.7 Å². The maximum absolute atomic E-state index is 12.3. The fourth-order valence-corrected chi connectivity index (χ4v) is 4.15. The zero-order valence-corrected chi connectivity index (χ0v) is 20.1. The van der Waals surface area contributed by atoms with E-state index in [0.29, 0.717) is 32.5 Å². The number of hydrogen-bond acceptors (Lipinski definition) is 5. The second-order valence-corrected chi connectivity index (χ2v) is 9.69. The van der Waals surface area contributed by atoms with E-state index in [2.05, 4.69) is 15.5 Å². The van der Waals surface area contributed by atoms with E-state index < -0.39 is 5.41 Å². The van der Waals surface area contributed by atoms with E-state index >= 15 is 0 Å². The van der Waals surface area contributed by atoms with Gasteiger partial charge < -0.3 is 10.1 Å². The highest BCUT2D eigenvalue weighted by atomic mass is 35.5. The molecule has 1 heterocycles. The summed E-state index contributed by atoms with van der Waals surface area (Å²) in [6.45, 7) is 5.80. The highest BCUT2D eigenvalue weighted by molar-refractivity contribution is 7.98. The lowest BCUT2D eigenvalue weighted by atomic mass is 9.96. The topological polar surface area (TPSA) is 69.0 Å². The smallest absolute Gasteiger partial charge is 0.225 e. The molecule has 3 aromatic rings. The van der Waals surface area contributed by atoms with Gasteiger partial charge in [-0.15, -0.1) is 10.2 Å². The van der Waals surface area contributed by atoms with Crippen LogP contribution in [0, 0.1) is 5.41 Å². The van der Waals surface area contributed by atoms with E-state index in [1.54, 1.807) is 19.2 Å². The van der Waals surface area contributed by atoms with Crippen LogP contribution in [0.4, 0.5) is 0 Å². The standard InChI is InChI=1S/C22H24Cl2N4O2S/c1-22(2,3)20(29)25-12-19-26-27-21(28(19)18-9-8-15(23)11-17(18)24)31-13-14-6-5-7-16(10-14)30-4/h5-11H,12-13H2,1-4H3,(H,25,29). The number of ether oxygens (including phenoxy) is 1. The Balaban J connectivity index is 1.91. The molecule has 0 aliphatic carbocycles. The summed E-state index contributed by atoms with van der Waals surface area (Å²) in [5.41, 5.74) is 1.28. The van der Waals surface area contributed by atoms with Gasteiger partial charge in [-0.3, -0.25) is 9.36 Å². The molecule has 0 bridgehead atoms. The number of methoxy groups -OCH3 is 1. The number of hydrogen-bond donors (Lipinski definition) is 1. The lowest BCUT2D eigenvalue weighted by Gasteiger charge is -2.18. The van der Waals surface area contributed by atoms with Crippen LogP contribution in [-0.2, 0) is 17.1 Å². The molecule has 0 fully saturated rings. The third-order valence-corrected chi connectivity index (χ3v) is 5.98. The first kappa shape index (κ1) is 23.4. The molecule has 2 aromatic carbocycles. The number of nitrogens with one attached hydrogen (secondary N) is 1. The number of nitrogens with zero attached hydrogens (tertiary/aromatic N) is 3. The lowest BCUT2D eigenvalue weighted by Crippen LogP contribution is -2.35. The fourth-order valence-electron chi connectivity index (χ4n) is 2.75. The summed E-state index contributed by atoms with van der Waals surface area (Å²) in [6.07, 6.45) is 0. The molecule has 0 aliphatic heterocycles. The Labute approximate surface area is 196 Å². The van der Waals surface area contributed by atoms with Crippen LogP contribution in [-0.4, -0.2) is 27.8 Å². The third kappa shape index (κ3) is 5.93. The summed E-state index contributed by atoms with van der Waals surface area (Å²) >= 11 is 14.1. The Kier molecular flexibility index (Phi) is 7.51. The summed E-state index contributed by atoms with van der Waals surface area (Å²) in [5, 5.41) is 13.3. The number of thioether (sulfide) groups is 1. The zero-order valence-electron chi connectivity index (χ0n) is 17.8. The van der Waals surface area contributed by atoms with Gasteiger partial charge in [-0.2, -0.15) is 0 Å². The molecule has 6 nitrogen and oxygen atoms in total. The van der Waals surface area contributed by atoms with Gasteiger partial charge in [-0.25, -0.2) is 0 Å². The summed E-state index contributed by atoms with van der Waals surface area (Å²) in [5.74, 6) is 1.96. The monoisotopic (exact) mass is 478 g/mol. The van der Waals surface area contributed by atoms with E-state index in [4.69, 9.17) is 27.9 Å². The van der Waals surface area contributed by atoms with Crippen LogP contribution in [0.15, 0.2) is 47.6 Å². The van der Waals surface area contributed by atoms with Crippen LogP contribution in [0.1, 0.15) is 32.2 Å². The third-order valence-electron chi connectivity index (χ3n) is 4.44. The van der Waals surface area contributed by atoms with Crippen molar-refractivity contribution in [2.75, 3.05) is 7.11 Å². The van der Waals surface area contributed by atoms with Gasteiger partial charge in [0, 0.05) is 16.2 Å². The Morgan fingerprint density at radius 2 is 1.94 bits per heavy atom. The van der Waals surface area contributed by atoms with Crippen LogP contribution in [0.5, 0.6) is 5.75 Å². The zero-order chi connectivity index (χ0) is 22.6. The number of benzene rings is 2. The molecule has 0 aliphatic rings. The van der Waals surface area contributed by atoms with Crippen LogP contribution in [0.3, 0.4) is 0 Å². The first-order valence-corrected chi connectivity index (χ1v) is 11.4. The fraction of sp³-hybridized carbons (Fsp3) is 0.318. The highest BCUT2D eigenvalue weighted by Gasteiger charge is 2.23. The molecule has 1 amide bonds. The van der Waals surface area contributed by atoms with Crippen LogP contribution >= 0.6 is 35.0 Å². The van der Waals surface area contributed by atoms with Crippen molar-refractivity contribution in [2.24, 2.45) is 5.41 Å². The number of halogens is 2. The summed E-state index contributed by atoms with van der Waals surface area (Å²) < 4.78 is 7.15. The molecule has 9 heteroatoms. The van der Waals surface area contributed by atoms with Gasteiger partial charge in [-0.1, -0.05) is 67.9 Å². The van der Waals surface area contributed by atoms with E-state index in [-0.39, 0.29) is 12.5 Å². The molecule has 0 saturated heterocycles. The first-order valence-electron chi connectivity index (χ1n) is 9.63. The van der Waals surface area contributed by atoms with Crippen LogP contribution in [0.2, 0.25) is 10.0 Å². The van der Waals surface area contributed by atoms with Gasteiger partial charge in [0.1, 0.15) is 5.75 Å². The molecule has 0 unspecified atom stereocenters. The predicted molar refractivity (Wildman–Crippen MR) is 125 cm³/mol. The van der Waals surface area contributed by atoms with Gasteiger partial charge >= 0.3 is 0 Å². The minimum Gasteiger partial charge on any atom is -0.497 e. The summed E-state index contributed by atoms with van der Waals surface area (Å²) in [4.78, 5) is 12.3. The minimum absolute atomic E-state index is 0.0742. The van der Waals surface area contributed by atoms with Gasteiger partial charge in [0.15, 0.2) is 11.0 Å². The number of carbonyl (C=O) groups is 1. The van der Waals surface area contributed by atoms with Crippen molar-refractivity contribution in [1.82, 2.24) is 20.1 Å². The van der Waals surface area contributed by atoms with Gasteiger partial charge in [0.2, 0.25) is 5.91 Å². The average Bonchev–Trinajstić information content (AvgIpc) is 3.12. The SMILES string of the molecule is COc1cccc(CSc2nnc(CNC(=O)C(C)(C)C)n2-c2ccc(Cl)cc2Cl)c1. The second kappa shape index (κ2) is 9.94. The van der Waals surface area contributed by atoms with Crippen molar-refractivity contribution < 1.29 is 9.53 Å². The second-order valence-electron chi connectivity index (χ2n) is 7.90. The van der Waals surface area contributed by atoms with E-state index in [9.17, 15) is 4.79 Å². The maximum Gasteiger partial charge on any atom is 0.225 e. The number of aromatic nitrogens is 3. The quantitative estimate of drug-likeness (QED) is 0.451. The maximum atomic E-state index is 12.3. The molecule has 0 spiro atoms.